The van der Waals surface area contributed by atoms with E-state index in [1.807, 2.05) is 60.4 Å². The summed E-state index contributed by atoms with van der Waals surface area (Å²) in [5, 5.41) is 0. The molecule has 3 heterocycles. The molecule has 2 fully saturated rings. The summed E-state index contributed by atoms with van der Waals surface area (Å²) >= 11 is 0. The van der Waals surface area contributed by atoms with E-state index in [-0.39, 0.29) is 17.9 Å². The molecule has 3 aromatic rings. The van der Waals surface area contributed by atoms with Crippen molar-refractivity contribution in [3.05, 3.63) is 89.9 Å². The van der Waals surface area contributed by atoms with Gasteiger partial charge in [0.1, 0.15) is 5.72 Å². The molecule has 0 aliphatic carbocycles. The molecule has 0 bridgehead atoms. The minimum absolute atomic E-state index is 0.0553. The normalized spacial score (nSPS) is 26.4. The molecule has 0 radical (unpaired) electrons. The number of carbonyl (C=O) groups excluding carboxylic acids is 1. The molecule has 146 valence electrons. The van der Waals surface area contributed by atoms with Crippen LogP contribution >= 0.6 is 0 Å². The van der Waals surface area contributed by atoms with Gasteiger partial charge >= 0.3 is 0 Å². The number of furan rings is 1. The van der Waals surface area contributed by atoms with Gasteiger partial charge in [0.25, 0.3) is 0 Å². The van der Waals surface area contributed by atoms with E-state index in [0.717, 1.165) is 22.4 Å². The lowest BCUT2D eigenvalue weighted by Gasteiger charge is -2.29. The number of nitrogens with zero attached hydrogens (tertiary/aromatic N) is 2. The number of amides is 1. The number of benzene rings is 2. The summed E-state index contributed by atoms with van der Waals surface area (Å²) in [6, 6.07) is 19.7. The summed E-state index contributed by atoms with van der Waals surface area (Å²) in [5.41, 5.74) is 3.13. The zero-order valence-electron chi connectivity index (χ0n) is 16.2. The largest absolute Gasteiger partial charge is 0.472 e. The van der Waals surface area contributed by atoms with Gasteiger partial charge in [0.15, 0.2) is 0 Å². The highest BCUT2D eigenvalue weighted by atomic mass is 16.5. The standard InChI is InChI=1S/C24H22N2O3/c1-24-13-20(19-9-5-6-10-21(19)25-14-17-11-12-28-15-17)23(27)26(24)22(16-29-24)18-7-3-2-4-8-18/h2-12,14-15,20,22H,13,16H2,1H3/t20-,22-,24-/m1/s1. The van der Waals surface area contributed by atoms with E-state index in [0.29, 0.717) is 13.0 Å². The second-order valence-corrected chi connectivity index (χ2v) is 7.75. The van der Waals surface area contributed by atoms with Gasteiger partial charge in [-0.05, 0) is 30.2 Å². The first-order valence-corrected chi connectivity index (χ1v) is 9.83. The maximum atomic E-state index is 13.5. The van der Waals surface area contributed by atoms with Crippen molar-refractivity contribution in [2.75, 3.05) is 6.61 Å². The third-order valence-electron chi connectivity index (χ3n) is 5.88. The lowest BCUT2D eigenvalue weighted by atomic mass is 9.93. The summed E-state index contributed by atoms with van der Waals surface area (Å²) in [6.45, 7) is 2.55. The Hall–Kier alpha value is -3.18. The first-order chi connectivity index (χ1) is 14.2. The number of carbonyl (C=O) groups is 1. The van der Waals surface area contributed by atoms with Crippen molar-refractivity contribution in [2.45, 2.75) is 31.0 Å². The fourth-order valence-electron chi connectivity index (χ4n) is 4.47. The highest BCUT2D eigenvalue weighted by Gasteiger charge is 2.56. The van der Waals surface area contributed by atoms with Gasteiger partial charge in [0.2, 0.25) is 5.91 Å². The quantitative estimate of drug-likeness (QED) is 0.603. The average Bonchev–Trinajstić information content (AvgIpc) is 3.44. The zero-order valence-corrected chi connectivity index (χ0v) is 16.2. The Morgan fingerprint density at radius 1 is 1.10 bits per heavy atom. The van der Waals surface area contributed by atoms with E-state index >= 15 is 0 Å². The van der Waals surface area contributed by atoms with Gasteiger partial charge in [-0.2, -0.15) is 0 Å². The lowest BCUT2D eigenvalue weighted by Crippen LogP contribution is -2.40. The minimum atomic E-state index is -0.594. The van der Waals surface area contributed by atoms with Crippen molar-refractivity contribution in [2.24, 2.45) is 4.99 Å². The van der Waals surface area contributed by atoms with Crippen LogP contribution in [0.3, 0.4) is 0 Å². The van der Waals surface area contributed by atoms with Crippen LogP contribution in [-0.2, 0) is 9.53 Å². The van der Waals surface area contributed by atoms with Gasteiger partial charge in [-0.3, -0.25) is 9.79 Å². The van der Waals surface area contributed by atoms with Crippen LogP contribution < -0.4 is 0 Å². The maximum Gasteiger partial charge on any atom is 0.233 e. The molecule has 0 unspecified atom stereocenters. The molecule has 2 aliphatic rings. The fraction of sp³-hybridized carbons (Fsp3) is 0.250. The fourth-order valence-corrected chi connectivity index (χ4v) is 4.47. The van der Waals surface area contributed by atoms with Gasteiger partial charge in [-0.1, -0.05) is 48.5 Å². The lowest BCUT2D eigenvalue weighted by molar-refractivity contribution is -0.137. The summed E-state index contributed by atoms with van der Waals surface area (Å²) < 4.78 is 11.3. The third-order valence-corrected chi connectivity index (χ3v) is 5.88. The molecular formula is C24H22N2O3. The number of para-hydroxylation sites is 1. The van der Waals surface area contributed by atoms with Crippen molar-refractivity contribution in [3.8, 4) is 0 Å². The SMILES string of the molecule is C[C@@]12C[C@H](c3ccccc3N=Cc3ccoc3)C(=O)N1[C@@H](c1ccccc1)CO2. The van der Waals surface area contributed by atoms with Crippen LogP contribution in [0.5, 0.6) is 0 Å². The number of hydrogen-bond acceptors (Lipinski definition) is 4. The second-order valence-electron chi connectivity index (χ2n) is 7.75. The smallest absolute Gasteiger partial charge is 0.233 e. The zero-order chi connectivity index (χ0) is 19.8. The molecule has 1 aromatic heterocycles. The van der Waals surface area contributed by atoms with E-state index in [1.54, 1.807) is 18.7 Å². The molecular weight excluding hydrogens is 364 g/mol. The Bertz CT molecular complexity index is 1050. The first kappa shape index (κ1) is 17.9. The Morgan fingerprint density at radius 2 is 1.90 bits per heavy atom. The summed E-state index contributed by atoms with van der Waals surface area (Å²) in [5.74, 6) is -0.172. The van der Waals surface area contributed by atoms with Crippen molar-refractivity contribution in [1.82, 2.24) is 4.90 Å². The third kappa shape index (κ3) is 3.08. The van der Waals surface area contributed by atoms with E-state index < -0.39 is 5.72 Å². The molecule has 3 atom stereocenters. The highest BCUT2D eigenvalue weighted by molar-refractivity contribution is 5.90. The molecule has 1 amide bonds. The topological polar surface area (TPSA) is 55.0 Å². The predicted octanol–water partition coefficient (Wildman–Crippen LogP) is 4.83. The van der Waals surface area contributed by atoms with Gasteiger partial charge in [-0.25, -0.2) is 0 Å². The molecule has 5 nitrogen and oxygen atoms in total. The second kappa shape index (κ2) is 7.01. The number of hydrogen-bond donors (Lipinski definition) is 0. The van der Waals surface area contributed by atoms with Gasteiger partial charge in [-0.15, -0.1) is 0 Å². The van der Waals surface area contributed by atoms with Gasteiger partial charge in [0, 0.05) is 18.2 Å². The number of ether oxygens (including phenoxy) is 1. The van der Waals surface area contributed by atoms with Crippen molar-refractivity contribution in [3.63, 3.8) is 0 Å². The molecule has 2 saturated heterocycles. The maximum absolute atomic E-state index is 13.5. The molecule has 2 aromatic carbocycles. The molecule has 0 N–H and O–H groups in total. The predicted molar refractivity (Wildman–Crippen MR) is 110 cm³/mol. The van der Waals surface area contributed by atoms with Crippen LogP contribution in [0, 0.1) is 0 Å². The number of rotatable bonds is 4. The summed E-state index contributed by atoms with van der Waals surface area (Å²) in [6.07, 6.45) is 5.63. The van der Waals surface area contributed by atoms with Crippen molar-refractivity contribution < 1.29 is 13.9 Å². The average molecular weight is 386 g/mol. The van der Waals surface area contributed by atoms with E-state index in [1.165, 1.54) is 0 Å². The Kier molecular flexibility index (Phi) is 4.32. The Morgan fingerprint density at radius 3 is 2.69 bits per heavy atom. The van der Waals surface area contributed by atoms with E-state index in [4.69, 9.17) is 9.15 Å². The molecule has 0 saturated carbocycles. The van der Waals surface area contributed by atoms with Crippen molar-refractivity contribution >= 4 is 17.8 Å². The van der Waals surface area contributed by atoms with Crippen molar-refractivity contribution in [1.29, 1.82) is 0 Å². The highest BCUT2D eigenvalue weighted by Crippen LogP contribution is 2.50. The molecule has 5 heteroatoms. The monoisotopic (exact) mass is 386 g/mol. The molecule has 29 heavy (non-hydrogen) atoms. The van der Waals surface area contributed by atoms with Crippen LogP contribution in [0.1, 0.15) is 42.0 Å². The van der Waals surface area contributed by atoms with E-state index in [9.17, 15) is 4.79 Å². The van der Waals surface area contributed by atoms with Crippen LogP contribution in [0.25, 0.3) is 0 Å². The minimum Gasteiger partial charge on any atom is -0.472 e. The van der Waals surface area contributed by atoms with Crippen LogP contribution in [0.4, 0.5) is 5.69 Å². The number of fused-ring (bicyclic) bond motifs is 1. The Labute approximate surface area is 169 Å². The van der Waals surface area contributed by atoms with E-state index in [2.05, 4.69) is 17.1 Å². The molecule has 0 spiro atoms. The van der Waals surface area contributed by atoms with Crippen LogP contribution in [0.15, 0.2) is 82.6 Å². The number of aliphatic imine (C=N–C) groups is 1. The van der Waals surface area contributed by atoms with Gasteiger partial charge < -0.3 is 14.1 Å². The van der Waals surface area contributed by atoms with Crippen LogP contribution in [0.2, 0.25) is 0 Å². The van der Waals surface area contributed by atoms with Crippen LogP contribution in [-0.4, -0.2) is 29.4 Å². The first-order valence-electron chi connectivity index (χ1n) is 9.83. The van der Waals surface area contributed by atoms with Gasteiger partial charge in [0.05, 0.1) is 36.8 Å². The molecule has 5 rings (SSSR count). The summed E-state index contributed by atoms with van der Waals surface area (Å²) in [4.78, 5) is 20.1. The molecule has 2 aliphatic heterocycles. The Balaban J connectivity index is 1.48. The summed E-state index contributed by atoms with van der Waals surface area (Å²) in [7, 11) is 0.